The molecule has 0 bridgehead atoms. The van der Waals surface area contributed by atoms with Crippen LogP contribution < -0.4 is 5.32 Å². The highest BCUT2D eigenvalue weighted by molar-refractivity contribution is 5.84. The number of rotatable bonds is 9. The molecule has 10 nitrogen and oxygen atoms in total. The Kier molecular flexibility index (Phi) is 9.71. The highest BCUT2D eigenvalue weighted by Crippen LogP contribution is 2.44. The second-order valence-electron chi connectivity index (χ2n) is 12.1. The molecule has 1 heterocycles. The van der Waals surface area contributed by atoms with Crippen molar-refractivity contribution in [3.63, 3.8) is 0 Å². The van der Waals surface area contributed by atoms with Crippen LogP contribution in [0.15, 0.2) is 78.9 Å². The number of nitrogens with zero attached hydrogens (tertiary/aromatic N) is 1. The van der Waals surface area contributed by atoms with Gasteiger partial charge < -0.3 is 24.3 Å². The van der Waals surface area contributed by atoms with Gasteiger partial charge in [0.05, 0.1) is 0 Å². The van der Waals surface area contributed by atoms with Gasteiger partial charge in [-0.3, -0.25) is 4.90 Å². The van der Waals surface area contributed by atoms with E-state index in [2.05, 4.69) is 17.4 Å². The molecule has 1 fully saturated rings. The molecule has 2 amide bonds. The summed E-state index contributed by atoms with van der Waals surface area (Å²) in [5.74, 6) is -1.61. The molecule has 0 radical (unpaired) electrons. The van der Waals surface area contributed by atoms with E-state index in [4.69, 9.17) is 18.9 Å². The molecule has 1 aliphatic heterocycles. The first-order valence-corrected chi connectivity index (χ1v) is 15.1. The first kappa shape index (κ1) is 31.6. The number of esters is 2. The second kappa shape index (κ2) is 13.8. The Morgan fingerprint density at radius 2 is 1.47 bits per heavy atom. The van der Waals surface area contributed by atoms with Gasteiger partial charge in [-0.2, -0.15) is 0 Å². The maximum atomic E-state index is 13.2. The average Bonchev–Trinajstić information content (AvgIpc) is 3.64. The molecule has 2 atom stereocenters. The van der Waals surface area contributed by atoms with Crippen molar-refractivity contribution in [1.82, 2.24) is 10.2 Å². The van der Waals surface area contributed by atoms with Gasteiger partial charge in [0.2, 0.25) is 0 Å². The SMILES string of the molecule is CC(C)(C)OC(=O)N[C@@H](COC(=O)[C@@H]1CCCN1C(=O)OCC1c2ccccc2-c2ccccc21)C(=O)OCc1ccccc1. The van der Waals surface area contributed by atoms with E-state index < -0.39 is 48.4 Å². The van der Waals surface area contributed by atoms with Crippen LogP contribution in [-0.4, -0.2) is 66.5 Å². The second-order valence-corrected chi connectivity index (χ2v) is 12.1. The molecule has 10 heteroatoms. The molecule has 3 aromatic carbocycles. The van der Waals surface area contributed by atoms with Gasteiger partial charge in [0.25, 0.3) is 0 Å². The van der Waals surface area contributed by atoms with Crippen LogP contribution in [0.2, 0.25) is 0 Å². The van der Waals surface area contributed by atoms with Crippen molar-refractivity contribution < 1.29 is 38.1 Å². The summed E-state index contributed by atoms with van der Waals surface area (Å²) in [5, 5.41) is 2.44. The predicted octanol–water partition coefficient (Wildman–Crippen LogP) is 5.58. The fourth-order valence-electron chi connectivity index (χ4n) is 5.62. The average molecular weight is 615 g/mol. The number of likely N-dealkylation sites (tertiary alicyclic amines) is 1. The Morgan fingerprint density at radius 3 is 2.11 bits per heavy atom. The molecular formula is C35H38N2O8. The highest BCUT2D eigenvalue weighted by Gasteiger charge is 2.38. The summed E-state index contributed by atoms with van der Waals surface area (Å²) in [6.07, 6.45) is -0.503. The van der Waals surface area contributed by atoms with Crippen LogP contribution in [0.1, 0.15) is 56.2 Å². The largest absolute Gasteiger partial charge is 0.461 e. The molecule has 0 saturated carbocycles. The zero-order valence-electron chi connectivity index (χ0n) is 25.7. The number of carbonyl (C=O) groups is 4. The van der Waals surface area contributed by atoms with Crippen molar-refractivity contribution in [2.45, 2.75) is 63.8 Å². The third-order valence-corrected chi connectivity index (χ3v) is 7.69. The lowest BCUT2D eigenvalue weighted by molar-refractivity contribution is -0.155. The maximum Gasteiger partial charge on any atom is 0.410 e. The van der Waals surface area contributed by atoms with Crippen molar-refractivity contribution in [1.29, 1.82) is 0 Å². The van der Waals surface area contributed by atoms with E-state index in [-0.39, 0.29) is 19.1 Å². The van der Waals surface area contributed by atoms with E-state index >= 15 is 0 Å². The van der Waals surface area contributed by atoms with E-state index in [1.54, 1.807) is 32.9 Å². The lowest BCUT2D eigenvalue weighted by Gasteiger charge is -2.25. The summed E-state index contributed by atoms with van der Waals surface area (Å²) in [6, 6.07) is 22.9. The third-order valence-electron chi connectivity index (χ3n) is 7.69. The Morgan fingerprint density at radius 1 is 0.844 bits per heavy atom. The predicted molar refractivity (Wildman–Crippen MR) is 165 cm³/mol. The van der Waals surface area contributed by atoms with E-state index in [0.29, 0.717) is 19.4 Å². The Bertz CT molecular complexity index is 1490. The zero-order valence-corrected chi connectivity index (χ0v) is 25.7. The Labute approximate surface area is 262 Å². The van der Waals surface area contributed by atoms with Gasteiger partial charge in [-0.05, 0) is 61.4 Å². The molecule has 1 N–H and O–H groups in total. The molecule has 5 rings (SSSR count). The molecular weight excluding hydrogens is 576 g/mol. The molecule has 3 aromatic rings. The van der Waals surface area contributed by atoms with Crippen LogP contribution in [-0.2, 0) is 35.1 Å². The molecule has 45 heavy (non-hydrogen) atoms. The Balaban J connectivity index is 1.19. The van der Waals surface area contributed by atoms with E-state index in [1.165, 1.54) is 4.90 Å². The lowest BCUT2D eigenvalue weighted by atomic mass is 9.98. The van der Waals surface area contributed by atoms with Crippen molar-refractivity contribution in [3.8, 4) is 11.1 Å². The maximum absolute atomic E-state index is 13.2. The fraction of sp³-hybridized carbons (Fsp3) is 0.371. The van der Waals surface area contributed by atoms with Crippen LogP contribution in [0.25, 0.3) is 11.1 Å². The Hall–Kier alpha value is -4.86. The van der Waals surface area contributed by atoms with E-state index in [0.717, 1.165) is 27.8 Å². The van der Waals surface area contributed by atoms with Crippen LogP contribution in [0.4, 0.5) is 9.59 Å². The van der Waals surface area contributed by atoms with Crippen molar-refractivity contribution in [2.75, 3.05) is 19.8 Å². The monoisotopic (exact) mass is 614 g/mol. The van der Waals surface area contributed by atoms with Gasteiger partial charge in [0, 0.05) is 12.5 Å². The van der Waals surface area contributed by atoms with Gasteiger partial charge in [0.15, 0.2) is 6.04 Å². The van der Waals surface area contributed by atoms with Crippen LogP contribution in [0.3, 0.4) is 0 Å². The number of nitrogens with one attached hydrogen (secondary N) is 1. The first-order chi connectivity index (χ1) is 21.6. The minimum Gasteiger partial charge on any atom is -0.461 e. The fourth-order valence-corrected chi connectivity index (χ4v) is 5.62. The smallest absolute Gasteiger partial charge is 0.410 e. The van der Waals surface area contributed by atoms with E-state index in [1.807, 2.05) is 54.6 Å². The zero-order chi connectivity index (χ0) is 32.0. The van der Waals surface area contributed by atoms with Crippen LogP contribution in [0.5, 0.6) is 0 Å². The van der Waals surface area contributed by atoms with Crippen LogP contribution in [0, 0.1) is 0 Å². The molecule has 236 valence electrons. The van der Waals surface area contributed by atoms with Gasteiger partial charge in [-0.15, -0.1) is 0 Å². The summed E-state index contributed by atoms with van der Waals surface area (Å²) in [5.41, 5.74) is 4.36. The molecule has 0 aromatic heterocycles. The first-order valence-electron chi connectivity index (χ1n) is 15.1. The number of alkyl carbamates (subject to hydrolysis) is 1. The number of hydrogen-bond acceptors (Lipinski definition) is 8. The summed E-state index contributed by atoms with van der Waals surface area (Å²) >= 11 is 0. The van der Waals surface area contributed by atoms with E-state index in [9.17, 15) is 19.2 Å². The molecule has 0 spiro atoms. The summed E-state index contributed by atoms with van der Waals surface area (Å²) in [4.78, 5) is 53.2. The third kappa shape index (κ3) is 7.81. The van der Waals surface area contributed by atoms with Crippen molar-refractivity contribution in [3.05, 3.63) is 95.6 Å². The standard InChI is InChI=1S/C35H38N2O8/c1-35(2,3)45-33(40)36-29(31(38)42-20-23-12-5-4-6-13-23)22-43-32(39)30-18-11-19-37(30)34(41)44-21-28-26-16-9-7-14-24(26)25-15-8-10-17-27(25)28/h4-10,12-17,28-30H,11,18-22H2,1-3H3,(H,36,40)/t29-,30-/m0/s1. The summed E-state index contributed by atoms with van der Waals surface area (Å²) in [6.45, 7) is 4.99. The van der Waals surface area contributed by atoms with Gasteiger partial charge in [0.1, 0.15) is 31.5 Å². The minimum atomic E-state index is -1.32. The molecule has 0 unspecified atom stereocenters. The molecule has 2 aliphatic rings. The number of ether oxygens (including phenoxy) is 4. The highest BCUT2D eigenvalue weighted by atomic mass is 16.6. The van der Waals surface area contributed by atoms with Crippen LogP contribution >= 0.6 is 0 Å². The number of hydrogen-bond donors (Lipinski definition) is 1. The summed E-state index contributed by atoms with van der Waals surface area (Å²) in [7, 11) is 0. The number of fused-ring (bicyclic) bond motifs is 3. The van der Waals surface area contributed by atoms with Gasteiger partial charge in [-0.1, -0.05) is 78.9 Å². The van der Waals surface area contributed by atoms with Gasteiger partial charge in [-0.25, -0.2) is 19.2 Å². The van der Waals surface area contributed by atoms with Crippen molar-refractivity contribution in [2.24, 2.45) is 0 Å². The topological polar surface area (TPSA) is 120 Å². The minimum absolute atomic E-state index is 0.0295. The number of carbonyl (C=O) groups excluding carboxylic acids is 4. The number of benzene rings is 3. The van der Waals surface area contributed by atoms with Gasteiger partial charge >= 0.3 is 24.1 Å². The lowest BCUT2D eigenvalue weighted by Crippen LogP contribution is -2.48. The quantitative estimate of drug-likeness (QED) is 0.245. The molecule has 1 saturated heterocycles. The molecule has 1 aliphatic carbocycles. The normalized spacial score (nSPS) is 16.2. The summed E-state index contributed by atoms with van der Waals surface area (Å²) < 4.78 is 21.9. The van der Waals surface area contributed by atoms with Crippen molar-refractivity contribution >= 4 is 24.1 Å². The number of amides is 2.